The van der Waals surface area contributed by atoms with Gasteiger partial charge in [0.05, 0.1) is 17.1 Å². The van der Waals surface area contributed by atoms with Crippen molar-refractivity contribution in [2.75, 3.05) is 11.4 Å². The number of benzene rings is 3. The average molecular weight is 433 g/mol. The summed E-state index contributed by atoms with van der Waals surface area (Å²) in [5, 5.41) is 2.84. The topological polar surface area (TPSA) is 49.4 Å². The number of hydrogen-bond acceptors (Lipinski definition) is 3. The fraction of sp³-hybridized carbons (Fsp3) is 0.120. The molecule has 1 N–H and O–H groups in total. The van der Waals surface area contributed by atoms with Crippen molar-refractivity contribution in [2.45, 2.75) is 17.9 Å². The number of nitrogens with zero attached hydrogens (tertiary/aromatic N) is 1. The quantitative estimate of drug-likeness (QED) is 0.574. The van der Waals surface area contributed by atoms with Gasteiger partial charge in [0.25, 0.3) is 5.91 Å². The van der Waals surface area contributed by atoms with Crippen LogP contribution >= 0.6 is 11.8 Å². The molecule has 3 aromatic carbocycles. The molecule has 4 rings (SSSR count). The van der Waals surface area contributed by atoms with E-state index in [1.807, 2.05) is 54.6 Å². The normalized spacial score (nSPS) is 14.4. The maximum Gasteiger partial charge on any atom is 0.265 e. The SMILES string of the molecule is O=C(/C=C1\Sc2ccccc2N(Cc2ccccc2F)C1=O)NCCc1ccccc1. The van der Waals surface area contributed by atoms with E-state index in [4.69, 9.17) is 0 Å². The van der Waals surface area contributed by atoms with Crippen LogP contribution in [0.25, 0.3) is 0 Å². The van der Waals surface area contributed by atoms with E-state index < -0.39 is 0 Å². The third-order valence-electron chi connectivity index (χ3n) is 4.94. The van der Waals surface area contributed by atoms with Crippen LogP contribution in [0.1, 0.15) is 11.1 Å². The van der Waals surface area contributed by atoms with E-state index in [-0.39, 0.29) is 24.2 Å². The van der Waals surface area contributed by atoms with Crippen LogP contribution in [0.5, 0.6) is 0 Å². The van der Waals surface area contributed by atoms with E-state index >= 15 is 0 Å². The van der Waals surface area contributed by atoms with Crippen LogP contribution in [-0.2, 0) is 22.6 Å². The van der Waals surface area contributed by atoms with Gasteiger partial charge in [-0.15, -0.1) is 0 Å². The van der Waals surface area contributed by atoms with E-state index in [9.17, 15) is 14.0 Å². The average Bonchev–Trinajstić information content (AvgIpc) is 2.78. The predicted molar refractivity (Wildman–Crippen MR) is 121 cm³/mol. The second-order valence-corrected chi connectivity index (χ2v) is 8.17. The molecule has 0 radical (unpaired) electrons. The second-order valence-electron chi connectivity index (χ2n) is 7.09. The number of nitrogens with one attached hydrogen (secondary N) is 1. The molecule has 0 unspecified atom stereocenters. The number of rotatable bonds is 6. The van der Waals surface area contributed by atoms with Crippen molar-refractivity contribution < 1.29 is 14.0 Å². The van der Waals surface area contributed by atoms with E-state index in [0.29, 0.717) is 29.1 Å². The third kappa shape index (κ3) is 5.03. The predicted octanol–water partition coefficient (Wildman–Crippen LogP) is 4.71. The molecule has 0 aromatic heterocycles. The first kappa shape index (κ1) is 20.9. The Bertz CT molecular complexity index is 1130. The van der Waals surface area contributed by atoms with Gasteiger partial charge >= 0.3 is 0 Å². The minimum absolute atomic E-state index is 0.0933. The van der Waals surface area contributed by atoms with Gasteiger partial charge in [-0.25, -0.2) is 4.39 Å². The lowest BCUT2D eigenvalue weighted by molar-refractivity contribution is -0.118. The molecule has 6 heteroatoms. The summed E-state index contributed by atoms with van der Waals surface area (Å²) in [5.41, 5.74) is 2.26. The number of thioether (sulfide) groups is 1. The number of amides is 2. The lowest BCUT2D eigenvalue weighted by atomic mass is 10.1. The van der Waals surface area contributed by atoms with Crippen LogP contribution in [0.15, 0.2) is 94.7 Å². The molecule has 31 heavy (non-hydrogen) atoms. The van der Waals surface area contributed by atoms with Crippen LogP contribution in [0.4, 0.5) is 10.1 Å². The molecule has 0 fully saturated rings. The molecule has 2 amide bonds. The van der Waals surface area contributed by atoms with E-state index in [1.54, 1.807) is 18.2 Å². The van der Waals surface area contributed by atoms with Gasteiger partial charge in [-0.05, 0) is 30.2 Å². The van der Waals surface area contributed by atoms with Gasteiger partial charge in [0.2, 0.25) is 5.91 Å². The number of halogens is 1. The first-order valence-corrected chi connectivity index (χ1v) is 10.8. The van der Waals surface area contributed by atoms with E-state index in [2.05, 4.69) is 5.32 Å². The third-order valence-corrected chi connectivity index (χ3v) is 6.01. The van der Waals surface area contributed by atoms with Gasteiger partial charge in [0.1, 0.15) is 5.82 Å². The summed E-state index contributed by atoms with van der Waals surface area (Å²) in [6.45, 7) is 0.567. The van der Waals surface area contributed by atoms with Crippen LogP contribution in [0.3, 0.4) is 0 Å². The molecule has 0 atom stereocenters. The molecule has 1 aliphatic heterocycles. The van der Waals surface area contributed by atoms with Crippen molar-refractivity contribution >= 4 is 29.3 Å². The van der Waals surface area contributed by atoms with Crippen LogP contribution in [0.2, 0.25) is 0 Å². The molecule has 0 bridgehead atoms. The van der Waals surface area contributed by atoms with Crippen molar-refractivity contribution in [3.05, 3.63) is 107 Å². The molecule has 3 aromatic rings. The fourth-order valence-corrected chi connectivity index (χ4v) is 4.39. The number of fused-ring (bicyclic) bond motifs is 1. The van der Waals surface area contributed by atoms with Gasteiger partial charge in [0.15, 0.2) is 0 Å². The van der Waals surface area contributed by atoms with E-state index in [1.165, 1.54) is 28.8 Å². The zero-order chi connectivity index (χ0) is 21.6. The summed E-state index contributed by atoms with van der Waals surface area (Å²) in [4.78, 5) is 28.3. The van der Waals surface area contributed by atoms with Gasteiger partial charge in [0, 0.05) is 23.1 Å². The largest absolute Gasteiger partial charge is 0.352 e. The highest BCUT2D eigenvalue weighted by Gasteiger charge is 2.30. The van der Waals surface area contributed by atoms with Crippen molar-refractivity contribution in [3.63, 3.8) is 0 Å². The monoisotopic (exact) mass is 432 g/mol. The Balaban J connectivity index is 1.51. The summed E-state index contributed by atoms with van der Waals surface area (Å²) >= 11 is 1.26. The molecule has 1 aliphatic rings. The Morgan fingerprint density at radius 2 is 1.68 bits per heavy atom. The van der Waals surface area contributed by atoms with Crippen molar-refractivity contribution in [3.8, 4) is 0 Å². The summed E-state index contributed by atoms with van der Waals surface area (Å²) < 4.78 is 14.2. The number of para-hydroxylation sites is 1. The minimum atomic E-state index is -0.366. The van der Waals surface area contributed by atoms with Gasteiger partial charge < -0.3 is 10.2 Å². The molecule has 0 spiro atoms. The molecular weight excluding hydrogens is 411 g/mol. The molecule has 1 heterocycles. The van der Waals surface area contributed by atoms with Crippen molar-refractivity contribution in [1.82, 2.24) is 5.32 Å². The van der Waals surface area contributed by atoms with E-state index in [0.717, 1.165) is 10.5 Å². The number of carbonyl (C=O) groups excluding carboxylic acids is 2. The molecule has 156 valence electrons. The van der Waals surface area contributed by atoms with Crippen LogP contribution in [-0.4, -0.2) is 18.4 Å². The number of carbonyl (C=O) groups is 2. The maximum absolute atomic E-state index is 14.2. The lowest BCUT2D eigenvalue weighted by Gasteiger charge is -2.30. The summed E-state index contributed by atoms with van der Waals surface area (Å²) in [5.74, 6) is -1.00. The Morgan fingerprint density at radius 3 is 2.48 bits per heavy atom. The molecule has 0 saturated carbocycles. The smallest absolute Gasteiger partial charge is 0.265 e. The lowest BCUT2D eigenvalue weighted by Crippen LogP contribution is -2.35. The highest BCUT2D eigenvalue weighted by Crippen LogP contribution is 2.41. The zero-order valence-corrected chi connectivity index (χ0v) is 17.6. The van der Waals surface area contributed by atoms with Crippen molar-refractivity contribution in [1.29, 1.82) is 0 Å². The Morgan fingerprint density at radius 1 is 0.968 bits per heavy atom. The van der Waals surface area contributed by atoms with Crippen molar-refractivity contribution in [2.24, 2.45) is 0 Å². The standard InChI is InChI=1S/C25H21FN2O2S/c26-20-11-5-4-10-19(20)17-28-21-12-6-7-13-22(21)31-23(25(28)30)16-24(29)27-15-14-18-8-2-1-3-9-18/h1-13,16H,14-15,17H2,(H,27,29)/b23-16-. The van der Waals surface area contributed by atoms with Crippen LogP contribution in [0, 0.1) is 5.82 Å². The molecular formula is C25H21FN2O2S. The van der Waals surface area contributed by atoms with Crippen LogP contribution < -0.4 is 10.2 Å². The Hall–Kier alpha value is -3.38. The summed E-state index contributed by atoms with van der Waals surface area (Å²) in [6.07, 6.45) is 2.04. The molecule has 0 aliphatic carbocycles. The zero-order valence-electron chi connectivity index (χ0n) is 16.8. The summed E-state index contributed by atoms with van der Waals surface area (Å²) in [6, 6.07) is 23.7. The Kier molecular flexibility index (Phi) is 6.48. The minimum Gasteiger partial charge on any atom is -0.352 e. The fourth-order valence-electron chi connectivity index (χ4n) is 3.36. The summed E-state index contributed by atoms with van der Waals surface area (Å²) in [7, 11) is 0. The number of anilines is 1. The first-order valence-electron chi connectivity index (χ1n) is 9.97. The number of hydrogen-bond donors (Lipinski definition) is 1. The molecule has 4 nitrogen and oxygen atoms in total. The first-order chi connectivity index (χ1) is 15.1. The van der Waals surface area contributed by atoms with Gasteiger partial charge in [-0.3, -0.25) is 9.59 Å². The van der Waals surface area contributed by atoms with Gasteiger partial charge in [-0.2, -0.15) is 0 Å². The second kappa shape index (κ2) is 9.62. The highest BCUT2D eigenvalue weighted by molar-refractivity contribution is 8.04. The Labute approximate surface area is 184 Å². The highest BCUT2D eigenvalue weighted by atomic mass is 32.2. The maximum atomic E-state index is 14.2. The van der Waals surface area contributed by atoms with Gasteiger partial charge in [-0.1, -0.05) is 72.4 Å². The molecule has 0 saturated heterocycles.